The van der Waals surface area contributed by atoms with Gasteiger partial charge in [-0.2, -0.15) is 16.8 Å². The summed E-state index contributed by atoms with van der Waals surface area (Å²) in [5.74, 6) is 0. The fraction of sp³-hybridized carbons (Fsp3) is 0.400. The molecule has 2 N–H and O–H groups in total. The molecular formula is C10H12O6S2. The summed E-state index contributed by atoms with van der Waals surface area (Å²) in [4.78, 5) is -0.928. The number of hydrogen-bond acceptors (Lipinski definition) is 4. The van der Waals surface area contributed by atoms with Crippen LogP contribution in [0, 0.1) is 0 Å². The lowest BCUT2D eigenvalue weighted by Gasteiger charge is -2.19. The van der Waals surface area contributed by atoms with Gasteiger partial charge in [0, 0.05) is 0 Å². The zero-order valence-electron chi connectivity index (χ0n) is 9.33. The van der Waals surface area contributed by atoms with E-state index < -0.39 is 30.0 Å². The van der Waals surface area contributed by atoms with Crippen molar-refractivity contribution in [2.45, 2.75) is 35.5 Å². The Morgan fingerprint density at radius 3 is 2.06 bits per heavy atom. The predicted octanol–water partition coefficient (Wildman–Crippen LogP) is 1.06. The topological polar surface area (TPSA) is 109 Å². The van der Waals surface area contributed by atoms with E-state index in [2.05, 4.69) is 0 Å². The van der Waals surface area contributed by atoms with E-state index in [1.165, 1.54) is 6.07 Å². The molecule has 0 radical (unpaired) electrons. The molecule has 2 rings (SSSR count). The minimum absolute atomic E-state index is 0.424. The van der Waals surface area contributed by atoms with Gasteiger partial charge in [-0.15, -0.1) is 0 Å². The Kier molecular flexibility index (Phi) is 3.22. The maximum Gasteiger partial charge on any atom is 0.294 e. The van der Waals surface area contributed by atoms with Crippen LogP contribution in [0.3, 0.4) is 0 Å². The average molecular weight is 292 g/mol. The largest absolute Gasteiger partial charge is 0.294 e. The van der Waals surface area contributed by atoms with Crippen LogP contribution in [0.15, 0.2) is 21.9 Å². The molecule has 6 nitrogen and oxygen atoms in total. The van der Waals surface area contributed by atoms with E-state index >= 15 is 0 Å². The fourth-order valence-corrected chi connectivity index (χ4v) is 3.63. The normalized spacial score (nSPS) is 16.3. The molecule has 0 aromatic heterocycles. The third kappa shape index (κ3) is 2.56. The third-order valence-corrected chi connectivity index (χ3v) is 4.73. The Morgan fingerprint density at radius 1 is 0.889 bits per heavy atom. The van der Waals surface area contributed by atoms with E-state index in [9.17, 15) is 16.8 Å². The quantitative estimate of drug-likeness (QED) is 0.789. The first-order valence-electron chi connectivity index (χ1n) is 5.30. The Bertz CT molecular complexity index is 687. The molecule has 0 saturated carbocycles. The number of rotatable bonds is 2. The highest BCUT2D eigenvalue weighted by atomic mass is 32.2. The van der Waals surface area contributed by atoms with Crippen molar-refractivity contribution in [3.63, 3.8) is 0 Å². The van der Waals surface area contributed by atoms with Gasteiger partial charge in [0.1, 0.15) is 0 Å². The standard InChI is InChI=1S/C10H12O6S2/c11-17(12,13)8-5-7-3-1-2-4-9(7)10(6-8)18(14,15)16/h5-6H,1-4H2,(H,11,12,13)(H,14,15,16). The number of benzene rings is 1. The first-order valence-corrected chi connectivity index (χ1v) is 8.18. The summed E-state index contributed by atoms with van der Waals surface area (Å²) in [7, 11) is -9.00. The van der Waals surface area contributed by atoms with E-state index in [1.54, 1.807) is 0 Å². The maximum absolute atomic E-state index is 11.3. The highest BCUT2D eigenvalue weighted by Crippen LogP contribution is 2.30. The highest BCUT2D eigenvalue weighted by Gasteiger charge is 2.25. The lowest BCUT2D eigenvalue weighted by Crippen LogP contribution is -2.13. The van der Waals surface area contributed by atoms with Gasteiger partial charge >= 0.3 is 0 Å². The Balaban J connectivity index is 2.79. The molecule has 0 atom stereocenters. The monoisotopic (exact) mass is 292 g/mol. The molecule has 0 spiro atoms. The summed E-state index contributed by atoms with van der Waals surface area (Å²) < 4.78 is 62.8. The molecule has 100 valence electrons. The molecule has 0 fully saturated rings. The SMILES string of the molecule is O=S(=O)(O)c1cc2c(c(S(=O)(=O)O)c1)CCCC2. The second kappa shape index (κ2) is 4.30. The summed E-state index contributed by atoms with van der Waals surface area (Å²) >= 11 is 0. The van der Waals surface area contributed by atoms with Crippen LogP contribution < -0.4 is 0 Å². The van der Waals surface area contributed by atoms with Crippen LogP contribution in [0.2, 0.25) is 0 Å². The van der Waals surface area contributed by atoms with Gasteiger partial charge in [0.25, 0.3) is 20.2 Å². The van der Waals surface area contributed by atoms with Crippen LogP contribution in [0.25, 0.3) is 0 Å². The van der Waals surface area contributed by atoms with Crippen LogP contribution in [-0.2, 0) is 33.1 Å². The molecule has 0 heterocycles. The first-order chi connectivity index (χ1) is 8.19. The summed E-state index contributed by atoms with van der Waals surface area (Å²) in [5, 5.41) is 0. The molecule has 0 aliphatic heterocycles. The summed E-state index contributed by atoms with van der Waals surface area (Å²) in [6.45, 7) is 0. The van der Waals surface area contributed by atoms with Crippen molar-refractivity contribution >= 4 is 20.2 Å². The first kappa shape index (κ1) is 13.5. The van der Waals surface area contributed by atoms with Gasteiger partial charge in [0.05, 0.1) is 9.79 Å². The van der Waals surface area contributed by atoms with Gasteiger partial charge in [0.2, 0.25) is 0 Å². The summed E-state index contributed by atoms with van der Waals surface area (Å²) in [6.07, 6.45) is 2.59. The molecule has 1 aromatic carbocycles. The van der Waals surface area contributed by atoms with Gasteiger partial charge in [-0.05, 0) is 48.9 Å². The van der Waals surface area contributed by atoms with Crippen LogP contribution >= 0.6 is 0 Å². The maximum atomic E-state index is 11.3. The van der Waals surface area contributed by atoms with Crippen molar-refractivity contribution in [3.8, 4) is 0 Å². The fourth-order valence-electron chi connectivity index (χ4n) is 2.18. The molecule has 0 bridgehead atoms. The molecule has 1 aromatic rings. The van der Waals surface area contributed by atoms with E-state index in [-0.39, 0.29) is 0 Å². The lowest BCUT2D eigenvalue weighted by molar-refractivity contribution is 0.478. The molecule has 0 amide bonds. The Morgan fingerprint density at radius 2 is 1.50 bits per heavy atom. The lowest BCUT2D eigenvalue weighted by atomic mass is 9.92. The van der Waals surface area contributed by atoms with E-state index in [4.69, 9.17) is 9.11 Å². The van der Waals surface area contributed by atoms with Gasteiger partial charge in [-0.3, -0.25) is 9.11 Å². The molecule has 0 unspecified atom stereocenters. The second-order valence-corrected chi connectivity index (χ2v) is 7.03. The van der Waals surface area contributed by atoms with Crippen LogP contribution in [0.1, 0.15) is 24.0 Å². The molecular weight excluding hydrogens is 280 g/mol. The summed E-state index contributed by atoms with van der Waals surface area (Å²) in [6, 6.07) is 2.06. The van der Waals surface area contributed by atoms with E-state index in [0.29, 0.717) is 24.0 Å². The second-order valence-electron chi connectivity index (χ2n) is 4.22. The van der Waals surface area contributed by atoms with Crippen molar-refractivity contribution in [1.82, 2.24) is 0 Å². The summed E-state index contributed by atoms with van der Waals surface area (Å²) in [5.41, 5.74) is 0.986. The third-order valence-electron chi connectivity index (χ3n) is 2.97. The number of aryl methyl sites for hydroxylation is 1. The van der Waals surface area contributed by atoms with Crippen LogP contribution in [-0.4, -0.2) is 25.9 Å². The van der Waals surface area contributed by atoms with Crippen molar-refractivity contribution in [2.75, 3.05) is 0 Å². The van der Waals surface area contributed by atoms with Crippen molar-refractivity contribution in [1.29, 1.82) is 0 Å². The zero-order chi connectivity index (χ0) is 13.6. The van der Waals surface area contributed by atoms with Gasteiger partial charge in [0.15, 0.2) is 0 Å². The van der Waals surface area contributed by atoms with E-state index in [1.807, 2.05) is 0 Å². The van der Waals surface area contributed by atoms with Gasteiger partial charge < -0.3 is 0 Å². The predicted molar refractivity (Wildman–Crippen MR) is 62.7 cm³/mol. The van der Waals surface area contributed by atoms with Gasteiger partial charge in [-0.1, -0.05) is 0 Å². The molecule has 0 saturated heterocycles. The molecule has 1 aliphatic carbocycles. The Labute approximate surface area is 105 Å². The number of fused-ring (bicyclic) bond motifs is 1. The van der Waals surface area contributed by atoms with Gasteiger partial charge in [-0.25, -0.2) is 0 Å². The molecule has 1 aliphatic rings. The average Bonchev–Trinajstić information content (AvgIpc) is 2.25. The number of hydrogen-bond donors (Lipinski definition) is 2. The van der Waals surface area contributed by atoms with Crippen molar-refractivity contribution in [2.24, 2.45) is 0 Å². The minimum atomic E-state index is -4.50. The zero-order valence-corrected chi connectivity index (χ0v) is 11.0. The minimum Gasteiger partial charge on any atom is -0.282 e. The highest BCUT2D eigenvalue weighted by molar-refractivity contribution is 7.86. The van der Waals surface area contributed by atoms with Crippen LogP contribution in [0.5, 0.6) is 0 Å². The Hall–Kier alpha value is -0.960. The smallest absolute Gasteiger partial charge is 0.282 e. The van der Waals surface area contributed by atoms with Crippen LogP contribution in [0.4, 0.5) is 0 Å². The van der Waals surface area contributed by atoms with Crippen molar-refractivity contribution < 1.29 is 25.9 Å². The van der Waals surface area contributed by atoms with E-state index in [0.717, 1.165) is 18.9 Å². The molecule has 18 heavy (non-hydrogen) atoms. The van der Waals surface area contributed by atoms with Crippen molar-refractivity contribution in [3.05, 3.63) is 23.3 Å². The molecule has 8 heteroatoms.